The van der Waals surface area contributed by atoms with Gasteiger partial charge in [0.05, 0.1) is 55.5 Å². The molecule has 0 saturated carbocycles. The van der Waals surface area contributed by atoms with Crippen molar-refractivity contribution in [2.75, 3.05) is 0 Å². The Morgan fingerprint density at radius 1 is 0.121 bits per heavy atom. The van der Waals surface area contributed by atoms with E-state index in [1.54, 1.807) is 0 Å². The summed E-state index contributed by atoms with van der Waals surface area (Å²) in [6.07, 6.45) is 0. The molecule has 0 aliphatic carbocycles. The van der Waals surface area contributed by atoms with Crippen LogP contribution in [-0.4, -0.2) is 18.3 Å². The van der Waals surface area contributed by atoms with E-state index in [0.29, 0.717) is 0 Å². The van der Waals surface area contributed by atoms with Crippen molar-refractivity contribution in [3.63, 3.8) is 0 Å². The lowest BCUT2D eigenvalue weighted by atomic mass is 9.93. The topological polar surface area (TPSA) is 19.7 Å². The molecule has 0 bridgehead atoms. The number of nitrogens with zero attached hydrogens (tertiary/aromatic N) is 4. The first-order valence-electron chi connectivity index (χ1n) is 40.3. The van der Waals surface area contributed by atoms with Gasteiger partial charge in [-0.15, -0.1) is 0 Å². The summed E-state index contributed by atoms with van der Waals surface area (Å²) in [6.45, 7) is 0. The van der Waals surface area contributed by atoms with Crippen LogP contribution in [0, 0.1) is 0 Å². The fourth-order valence-electron chi connectivity index (χ4n) is 21.2. The Morgan fingerprint density at radius 2 is 0.353 bits per heavy atom. The SMILES string of the molecule is c1cc2ccc3ccc(-n4c5cccc6ccc7cc(-c8cc9ccc%10cccc%11c%10c9c(c8)n%11-c8ccc9ccc%10cccc%11ccc8c9c%10%11)cc4c7c65)c4ccc(c1)c2c34.c1ccc(-c2ccc(-n3c4cccc5ccc6cc(-c7cc8ccc9cccc%10c9c8c(c7)n%10-c7ccc(-c8ccccc8)cc7)cc3c6c54)cc2)cc1. The molecular weight excluding hydrogens is 1400 g/mol. The zero-order valence-corrected chi connectivity index (χ0v) is 62.7. The predicted molar refractivity (Wildman–Crippen MR) is 494 cm³/mol. The number of benzene rings is 24. The van der Waals surface area contributed by atoms with E-state index in [1.165, 1.54) is 251 Å². The maximum Gasteiger partial charge on any atom is 0.0553 e. The van der Waals surface area contributed by atoms with Crippen LogP contribution < -0.4 is 0 Å². The van der Waals surface area contributed by atoms with Crippen LogP contribution >= 0.6 is 0 Å². The lowest BCUT2D eigenvalue weighted by Gasteiger charge is -2.17. The molecule has 4 heteroatoms. The van der Waals surface area contributed by atoms with Gasteiger partial charge >= 0.3 is 0 Å². The average Bonchev–Trinajstić information content (AvgIpc) is 1.49. The summed E-state index contributed by atoms with van der Waals surface area (Å²) in [5, 5.41) is 36.3. The van der Waals surface area contributed by atoms with E-state index >= 15 is 0 Å². The van der Waals surface area contributed by atoms with E-state index in [0.717, 1.165) is 11.4 Å². The van der Waals surface area contributed by atoms with Gasteiger partial charge in [-0.3, -0.25) is 0 Å². The molecule has 0 fully saturated rings. The highest BCUT2D eigenvalue weighted by Gasteiger charge is 2.27. The maximum absolute atomic E-state index is 2.55. The molecule has 4 heterocycles. The monoisotopic (exact) mass is 1460 g/mol. The summed E-state index contributed by atoms with van der Waals surface area (Å²) < 4.78 is 10.0. The zero-order valence-electron chi connectivity index (χ0n) is 62.7. The molecule has 0 radical (unpaired) electrons. The molecule has 0 aliphatic rings. The molecule has 0 aliphatic heterocycles. The summed E-state index contributed by atoms with van der Waals surface area (Å²) in [4.78, 5) is 0. The third kappa shape index (κ3) is 8.60. The molecule has 0 N–H and O–H groups in total. The van der Waals surface area contributed by atoms with Crippen LogP contribution in [0.2, 0.25) is 0 Å². The summed E-state index contributed by atoms with van der Waals surface area (Å²) in [6, 6.07) is 145. The minimum absolute atomic E-state index is 1.16. The minimum Gasteiger partial charge on any atom is -0.309 e. The summed E-state index contributed by atoms with van der Waals surface area (Å²) in [5.74, 6) is 0. The summed E-state index contributed by atoms with van der Waals surface area (Å²) >= 11 is 0. The van der Waals surface area contributed by atoms with E-state index in [2.05, 4.69) is 407 Å². The molecule has 28 aromatic rings. The first-order valence-corrected chi connectivity index (χ1v) is 40.3. The molecule has 0 spiro atoms. The van der Waals surface area contributed by atoms with E-state index in [-0.39, 0.29) is 0 Å². The molecule has 116 heavy (non-hydrogen) atoms. The number of aromatic nitrogens is 4. The van der Waals surface area contributed by atoms with Crippen LogP contribution in [0.1, 0.15) is 0 Å². The highest BCUT2D eigenvalue weighted by Crippen LogP contribution is 2.51. The Labute approximate surface area is 664 Å². The van der Waals surface area contributed by atoms with Crippen molar-refractivity contribution in [2.24, 2.45) is 0 Å². The Bertz CT molecular complexity index is 8370. The van der Waals surface area contributed by atoms with Crippen molar-refractivity contribution in [1.29, 1.82) is 0 Å². The molecule has 0 saturated heterocycles. The molecule has 28 rings (SSSR count). The van der Waals surface area contributed by atoms with E-state index < -0.39 is 0 Å². The number of hydrogen-bond donors (Lipinski definition) is 0. The number of rotatable bonds is 8. The average molecular weight is 1470 g/mol. The lowest BCUT2D eigenvalue weighted by molar-refractivity contribution is 1.18. The molecule has 4 aromatic heterocycles. The quantitative estimate of drug-likeness (QED) is 0.135. The highest BCUT2D eigenvalue weighted by molar-refractivity contribution is 6.32. The van der Waals surface area contributed by atoms with Crippen LogP contribution in [0.5, 0.6) is 0 Å². The Balaban J connectivity index is 0.000000125. The van der Waals surface area contributed by atoms with Gasteiger partial charge in [-0.1, -0.05) is 279 Å². The van der Waals surface area contributed by atoms with Crippen molar-refractivity contribution >= 4 is 195 Å². The van der Waals surface area contributed by atoms with Crippen LogP contribution in [-0.2, 0) is 0 Å². The molecule has 0 amide bonds. The molecule has 0 atom stereocenters. The molecular formula is C112H64N4. The second kappa shape index (κ2) is 23.2. The second-order valence-electron chi connectivity index (χ2n) is 32.2. The second-order valence-corrected chi connectivity index (χ2v) is 32.2. The van der Waals surface area contributed by atoms with E-state index in [9.17, 15) is 0 Å². The zero-order chi connectivity index (χ0) is 75.3. The van der Waals surface area contributed by atoms with Gasteiger partial charge in [0.2, 0.25) is 0 Å². The fraction of sp³-hybridized carbons (Fsp3) is 0. The first-order chi connectivity index (χ1) is 57.5. The van der Waals surface area contributed by atoms with Crippen LogP contribution in [0.25, 0.3) is 262 Å². The number of hydrogen-bond acceptors (Lipinski definition) is 0. The minimum atomic E-state index is 1.16. The lowest BCUT2D eigenvalue weighted by Crippen LogP contribution is -1.97. The Kier molecular flexibility index (Phi) is 12.4. The maximum atomic E-state index is 2.55. The van der Waals surface area contributed by atoms with Gasteiger partial charge < -0.3 is 18.3 Å². The van der Waals surface area contributed by atoms with Gasteiger partial charge in [0.15, 0.2) is 0 Å². The van der Waals surface area contributed by atoms with Crippen molar-refractivity contribution in [2.45, 2.75) is 0 Å². The van der Waals surface area contributed by atoms with Gasteiger partial charge in [-0.2, -0.15) is 0 Å². The van der Waals surface area contributed by atoms with Crippen molar-refractivity contribution in [1.82, 2.24) is 18.3 Å². The fourth-order valence-corrected chi connectivity index (χ4v) is 21.2. The van der Waals surface area contributed by atoms with E-state index in [4.69, 9.17) is 0 Å². The molecule has 24 aromatic carbocycles. The largest absolute Gasteiger partial charge is 0.309 e. The van der Waals surface area contributed by atoms with Gasteiger partial charge in [0.25, 0.3) is 0 Å². The smallest absolute Gasteiger partial charge is 0.0553 e. The van der Waals surface area contributed by atoms with Crippen LogP contribution in [0.15, 0.2) is 388 Å². The highest BCUT2D eigenvalue weighted by atomic mass is 15.0. The van der Waals surface area contributed by atoms with Crippen molar-refractivity contribution in [3.05, 3.63) is 388 Å². The van der Waals surface area contributed by atoms with Crippen LogP contribution in [0.4, 0.5) is 0 Å². The normalized spacial score (nSPS) is 12.5. The van der Waals surface area contributed by atoms with Crippen LogP contribution in [0.3, 0.4) is 0 Å². The third-order valence-electron chi connectivity index (χ3n) is 26.2. The first kappa shape index (κ1) is 62.3. The van der Waals surface area contributed by atoms with Crippen molar-refractivity contribution in [3.8, 4) is 67.3 Å². The summed E-state index contributed by atoms with van der Waals surface area (Å²) in [5.41, 5.74) is 24.4. The van der Waals surface area contributed by atoms with Gasteiger partial charge in [0, 0.05) is 65.2 Å². The summed E-state index contributed by atoms with van der Waals surface area (Å²) in [7, 11) is 0. The van der Waals surface area contributed by atoms with Gasteiger partial charge in [-0.25, -0.2) is 0 Å². The molecule has 4 nitrogen and oxygen atoms in total. The Morgan fingerprint density at radius 3 is 0.672 bits per heavy atom. The van der Waals surface area contributed by atoms with Gasteiger partial charge in [0.1, 0.15) is 0 Å². The standard InChI is InChI=1S/C60H32N2.C52H32N2/c1-5-33-13-15-39-23-27-47(45-25-21-35(7-1)53(33)55(39)45)61-49-11-3-9-37-17-19-41-29-43(31-51(61)59(41)57(37)49)44-30-42-20-18-38-10-4-12-50-58(38)60(42)52(32-44)62(50)48-28-24-40-16-14-34-6-2-8-36-22-26-46(48)56(40)54(34)36;1-3-9-33(10-4-1)35-21-25-43(26-22-35)53-45-15-7-13-37-17-19-39-29-41(31-47(53)51(39)49(37)45)42-30-40-20-18-38-14-8-16-46-50(38)52(40)48(32-42)54(46)44-27-23-36(24-28-44)34-11-5-2-6-12-34/h1-32H;1-32H. The third-order valence-corrected chi connectivity index (χ3v) is 26.2. The van der Waals surface area contributed by atoms with E-state index in [1.807, 2.05) is 0 Å². The Hall–Kier alpha value is -15.4. The molecule has 0 unspecified atom stereocenters. The predicted octanol–water partition coefficient (Wildman–Crippen LogP) is 30.6. The van der Waals surface area contributed by atoms with Gasteiger partial charge in [-0.05, 0) is 251 Å². The van der Waals surface area contributed by atoms with Crippen molar-refractivity contribution < 1.29 is 0 Å². The molecule has 532 valence electrons.